The fraction of sp³-hybridized carbons (Fsp3) is 0.846. The molecule has 0 bridgehead atoms. The third-order valence-electron chi connectivity index (χ3n) is 3.92. The predicted octanol–water partition coefficient (Wildman–Crippen LogP) is 3.14. The number of hydrazine groups is 1. The Balaban J connectivity index is 2.18. The Morgan fingerprint density at radius 3 is 2.44 bits per heavy atom. The normalized spacial score (nSPS) is 20.0. The molecule has 0 amide bonds. The lowest BCUT2D eigenvalue weighted by Gasteiger charge is -2.25. The van der Waals surface area contributed by atoms with Gasteiger partial charge in [0.05, 0.1) is 16.6 Å². The van der Waals surface area contributed by atoms with Crippen LogP contribution in [0.3, 0.4) is 0 Å². The molecule has 1 atom stereocenters. The summed E-state index contributed by atoms with van der Waals surface area (Å²) in [6.07, 6.45) is 7.92. The Morgan fingerprint density at radius 2 is 1.89 bits per heavy atom. The summed E-state index contributed by atoms with van der Waals surface area (Å²) in [5.74, 6) is 6.87. The Labute approximate surface area is 113 Å². The monoisotopic (exact) mass is 268 g/mol. The second-order valence-electron chi connectivity index (χ2n) is 5.57. The van der Waals surface area contributed by atoms with Gasteiger partial charge >= 0.3 is 0 Å². The maximum atomic E-state index is 5.82. The van der Waals surface area contributed by atoms with E-state index in [1.54, 1.807) is 0 Å². The van der Waals surface area contributed by atoms with Crippen LogP contribution in [0.1, 0.15) is 74.9 Å². The van der Waals surface area contributed by atoms with Crippen LogP contribution in [0, 0.1) is 5.92 Å². The average molecular weight is 268 g/mol. The van der Waals surface area contributed by atoms with Crippen molar-refractivity contribution < 1.29 is 0 Å². The van der Waals surface area contributed by atoms with E-state index < -0.39 is 0 Å². The molecule has 1 aromatic heterocycles. The highest BCUT2D eigenvalue weighted by Crippen LogP contribution is 2.37. The lowest BCUT2D eigenvalue weighted by Crippen LogP contribution is -2.33. The highest BCUT2D eigenvalue weighted by molar-refractivity contribution is 7.05. The number of hydrogen-bond donors (Lipinski definition) is 2. The first-order valence-electron chi connectivity index (χ1n) is 7.02. The van der Waals surface area contributed by atoms with E-state index in [4.69, 9.17) is 5.84 Å². The fourth-order valence-electron chi connectivity index (χ4n) is 2.89. The molecule has 3 N–H and O–H groups in total. The number of aromatic nitrogens is 2. The summed E-state index contributed by atoms with van der Waals surface area (Å²) in [5.41, 5.74) is 4.15. The molecule has 102 valence electrons. The van der Waals surface area contributed by atoms with E-state index in [1.165, 1.54) is 54.9 Å². The largest absolute Gasteiger partial charge is 0.271 e. The van der Waals surface area contributed by atoms with Crippen molar-refractivity contribution in [2.24, 2.45) is 11.8 Å². The van der Waals surface area contributed by atoms with Crippen molar-refractivity contribution in [1.82, 2.24) is 15.0 Å². The summed E-state index contributed by atoms with van der Waals surface area (Å²) in [7, 11) is 0. The van der Waals surface area contributed by atoms with Gasteiger partial charge in [0.2, 0.25) is 0 Å². The van der Waals surface area contributed by atoms with Crippen molar-refractivity contribution in [2.75, 3.05) is 0 Å². The van der Waals surface area contributed by atoms with Crippen molar-refractivity contribution in [3.8, 4) is 0 Å². The Kier molecular flexibility index (Phi) is 5.09. The zero-order valence-electron chi connectivity index (χ0n) is 11.4. The zero-order valence-corrected chi connectivity index (χ0v) is 12.2. The molecule has 5 heteroatoms. The molecular weight excluding hydrogens is 244 g/mol. The summed E-state index contributed by atoms with van der Waals surface area (Å²) < 4.78 is 4.13. The van der Waals surface area contributed by atoms with Gasteiger partial charge in [-0.25, -0.2) is 0 Å². The van der Waals surface area contributed by atoms with Gasteiger partial charge in [0, 0.05) is 0 Å². The summed E-state index contributed by atoms with van der Waals surface area (Å²) in [6.45, 7) is 4.34. The van der Waals surface area contributed by atoms with Crippen molar-refractivity contribution in [3.63, 3.8) is 0 Å². The quantitative estimate of drug-likeness (QED) is 0.500. The lowest BCUT2D eigenvalue weighted by atomic mass is 9.89. The van der Waals surface area contributed by atoms with E-state index >= 15 is 0 Å². The first-order valence-corrected chi connectivity index (χ1v) is 7.79. The first kappa shape index (κ1) is 13.9. The van der Waals surface area contributed by atoms with Crippen molar-refractivity contribution in [3.05, 3.63) is 10.6 Å². The minimum absolute atomic E-state index is 0.237. The van der Waals surface area contributed by atoms with Crippen molar-refractivity contribution in [2.45, 2.75) is 64.3 Å². The van der Waals surface area contributed by atoms with Gasteiger partial charge < -0.3 is 0 Å². The second-order valence-corrected chi connectivity index (χ2v) is 6.36. The highest BCUT2D eigenvalue weighted by atomic mass is 32.1. The Morgan fingerprint density at radius 1 is 1.22 bits per heavy atom. The molecular formula is C13H24N4S. The molecule has 1 fully saturated rings. The first-order chi connectivity index (χ1) is 8.74. The second kappa shape index (κ2) is 6.59. The van der Waals surface area contributed by atoms with Crippen LogP contribution in [0.5, 0.6) is 0 Å². The summed E-state index contributed by atoms with van der Waals surface area (Å²) in [6, 6.07) is 0.237. The van der Waals surface area contributed by atoms with Crippen LogP contribution in [-0.4, -0.2) is 9.59 Å². The molecule has 0 saturated heterocycles. The lowest BCUT2D eigenvalue weighted by molar-refractivity contribution is 0.331. The average Bonchev–Trinajstić information content (AvgIpc) is 2.67. The Hall–Kier alpha value is -0.520. The maximum Gasteiger partial charge on any atom is 0.0829 e. The minimum atomic E-state index is 0.237. The fourth-order valence-corrected chi connectivity index (χ4v) is 3.85. The standard InChI is InChI=1S/C13H24N4S/c1-9(2)11-13(18-17-16-11)12(15-14)10-7-5-3-4-6-8-10/h9-10,12,15H,3-8,14H2,1-2H3. The molecule has 0 aliphatic heterocycles. The molecule has 1 aliphatic carbocycles. The van der Waals surface area contributed by atoms with Gasteiger partial charge in [0.15, 0.2) is 0 Å². The van der Waals surface area contributed by atoms with Crippen LogP contribution < -0.4 is 11.3 Å². The van der Waals surface area contributed by atoms with E-state index in [0.29, 0.717) is 11.8 Å². The molecule has 18 heavy (non-hydrogen) atoms. The Bertz CT molecular complexity index is 356. The van der Waals surface area contributed by atoms with Gasteiger partial charge in [-0.2, -0.15) is 0 Å². The molecule has 1 aromatic rings. The molecule has 1 heterocycles. The van der Waals surface area contributed by atoms with Gasteiger partial charge in [-0.3, -0.25) is 11.3 Å². The third kappa shape index (κ3) is 3.08. The SMILES string of the molecule is CC(C)c1nnsc1C(NN)C1CCCCCC1. The highest BCUT2D eigenvalue weighted by Gasteiger charge is 2.28. The van der Waals surface area contributed by atoms with Gasteiger partial charge in [-0.1, -0.05) is 44.0 Å². The number of nitrogens with zero attached hydrogens (tertiary/aromatic N) is 2. The van der Waals surface area contributed by atoms with Crippen LogP contribution in [0.4, 0.5) is 0 Å². The zero-order chi connectivity index (χ0) is 13.0. The van der Waals surface area contributed by atoms with Crippen LogP contribution >= 0.6 is 11.5 Å². The number of hydrogen-bond acceptors (Lipinski definition) is 5. The van der Waals surface area contributed by atoms with Crippen LogP contribution in [-0.2, 0) is 0 Å². The van der Waals surface area contributed by atoms with Gasteiger partial charge in [0.1, 0.15) is 0 Å². The number of nitrogens with one attached hydrogen (secondary N) is 1. The predicted molar refractivity (Wildman–Crippen MR) is 75.3 cm³/mol. The van der Waals surface area contributed by atoms with Crippen LogP contribution in [0.15, 0.2) is 0 Å². The smallest absolute Gasteiger partial charge is 0.0829 e. The maximum absolute atomic E-state index is 5.82. The molecule has 1 aliphatic rings. The van der Waals surface area contributed by atoms with Gasteiger partial charge in [-0.05, 0) is 36.2 Å². The van der Waals surface area contributed by atoms with Gasteiger partial charge in [-0.15, -0.1) is 5.10 Å². The van der Waals surface area contributed by atoms with E-state index in [2.05, 4.69) is 28.9 Å². The molecule has 2 rings (SSSR count). The van der Waals surface area contributed by atoms with E-state index in [-0.39, 0.29) is 6.04 Å². The topological polar surface area (TPSA) is 63.8 Å². The molecule has 0 spiro atoms. The molecule has 1 unspecified atom stereocenters. The number of nitrogens with two attached hydrogens (primary N) is 1. The molecule has 0 radical (unpaired) electrons. The molecule has 4 nitrogen and oxygen atoms in total. The van der Waals surface area contributed by atoms with E-state index in [1.807, 2.05) is 0 Å². The minimum Gasteiger partial charge on any atom is -0.271 e. The summed E-state index contributed by atoms with van der Waals surface area (Å²) >= 11 is 1.51. The molecule has 0 aromatic carbocycles. The molecule has 1 saturated carbocycles. The van der Waals surface area contributed by atoms with E-state index in [9.17, 15) is 0 Å². The van der Waals surface area contributed by atoms with Gasteiger partial charge in [0.25, 0.3) is 0 Å². The van der Waals surface area contributed by atoms with Crippen molar-refractivity contribution in [1.29, 1.82) is 0 Å². The van der Waals surface area contributed by atoms with E-state index in [0.717, 1.165) is 5.69 Å². The van der Waals surface area contributed by atoms with Crippen LogP contribution in [0.2, 0.25) is 0 Å². The summed E-state index contributed by atoms with van der Waals surface area (Å²) in [4.78, 5) is 1.25. The number of rotatable bonds is 4. The third-order valence-corrected chi connectivity index (χ3v) is 4.74. The van der Waals surface area contributed by atoms with Crippen molar-refractivity contribution >= 4 is 11.5 Å². The summed E-state index contributed by atoms with van der Waals surface area (Å²) in [5, 5.41) is 4.28. The van der Waals surface area contributed by atoms with Crippen LogP contribution in [0.25, 0.3) is 0 Å².